The second-order valence-electron chi connectivity index (χ2n) is 6.70. The first kappa shape index (κ1) is 22.1. The van der Waals surface area contributed by atoms with Crippen molar-refractivity contribution in [2.45, 2.75) is 6.54 Å². The average Bonchev–Trinajstić information content (AvgIpc) is 3.21. The number of aromatic nitrogens is 6. The van der Waals surface area contributed by atoms with Crippen LogP contribution in [-0.4, -0.2) is 42.7 Å². The Morgan fingerprint density at radius 2 is 1.87 bits per heavy atom. The van der Waals surface area contributed by atoms with Crippen molar-refractivity contribution in [3.05, 3.63) is 77.1 Å². The molecule has 0 spiro atoms. The van der Waals surface area contributed by atoms with Gasteiger partial charge >= 0.3 is 0 Å². The van der Waals surface area contributed by atoms with Crippen molar-refractivity contribution in [3.63, 3.8) is 0 Å². The summed E-state index contributed by atoms with van der Waals surface area (Å²) in [6, 6.07) is 10.9. The molecule has 9 nitrogen and oxygen atoms in total. The van der Waals surface area contributed by atoms with Gasteiger partial charge in [-0.05, 0) is 17.7 Å². The van der Waals surface area contributed by atoms with Crippen LogP contribution < -0.4 is 16.0 Å². The fourth-order valence-electron chi connectivity index (χ4n) is 2.97. The predicted molar refractivity (Wildman–Crippen MR) is 119 cm³/mol. The monoisotopic (exact) mass is 439 g/mol. The minimum atomic E-state index is -0.175. The summed E-state index contributed by atoms with van der Waals surface area (Å²) in [6.45, 7) is 1.18. The van der Waals surface area contributed by atoms with E-state index in [1.165, 1.54) is 10.7 Å². The van der Waals surface area contributed by atoms with Gasteiger partial charge in [0.15, 0.2) is 11.6 Å². The maximum Gasteiger partial charge on any atom is 0.267 e. The van der Waals surface area contributed by atoms with Gasteiger partial charge in [-0.1, -0.05) is 18.2 Å². The van der Waals surface area contributed by atoms with E-state index in [1.54, 1.807) is 29.3 Å². The predicted octanol–water partition coefficient (Wildman–Crippen LogP) is 1.91. The van der Waals surface area contributed by atoms with E-state index in [0.717, 1.165) is 16.7 Å². The fourth-order valence-corrected chi connectivity index (χ4v) is 2.97. The lowest BCUT2D eigenvalue weighted by atomic mass is 10.1. The molecule has 1 aromatic carbocycles. The third-order valence-electron chi connectivity index (χ3n) is 4.40. The van der Waals surface area contributed by atoms with Gasteiger partial charge in [0, 0.05) is 37.0 Å². The number of rotatable bonds is 7. The first-order valence-corrected chi connectivity index (χ1v) is 9.44. The highest BCUT2D eigenvalue weighted by molar-refractivity contribution is 5.85. The molecule has 160 valence electrons. The molecule has 0 saturated carbocycles. The van der Waals surface area contributed by atoms with E-state index in [0.29, 0.717) is 37.0 Å². The molecule has 2 N–H and O–H groups in total. The second kappa shape index (κ2) is 9.96. The highest BCUT2D eigenvalue weighted by Crippen LogP contribution is 2.19. The minimum Gasteiger partial charge on any atom is -0.489 e. The first-order chi connectivity index (χ1) is 14.6. The molecule has 0 bridgehead atoms. The Hall–Kier alpha value is -3.56. The summed E-state index contributed by atoms with van der Waals surface area (Å²) in [4.78, 5) is 21.0. The number of aryl methyl sites for hydroxylation is 1. The molecule has 3 aromatic heterocycles. The van der Waals surface area contributed by atoms with E-state index in [9.17, 15) is 4.79 Å². The van der Waals surface area contributed by atoms with E-state index in [4.69, 9.17) is 10.5 Å². The lowest BCUT2D eigenvalue weighted by Crippen LogP contribution is -2.22. The Bertz CT molecular complexity index is 1200. The molecule has 3 heterocycles. The molecule has 0 atom stereocenters. The Labute approximate surface area is 184 Å². The molecule has 31 heavy (non-hydrogen) atoms. The van der Waals surface area contributed by atoms with Gasteiger partial charge < -0.3 is 10.5 Å². The number of benzene rings is 1. The van der Waals surface area contributed by atoms with E-state index in [1.807, 2.05) is 37.5 Å². The van der Waals surface area contributed by atoms with Gasteiger partial charge in [0.05, 0.1) is 30.8 Å². The molecule has 0 aliphatic rings. The number of nitrogens with two attached hydrogens (primary N) is 1. The normalized spacial score (nSPS) is 10.5. The van der Waals surface area contributed by atoms with Crippen molar-refractivity contribution >= 4 is 12.4 Å². The number of ether oxygens (including phenoxy) is 1. The van der Waals surface area contributed by atoms with Gasteiger partial charge in [-0.15, -0.1) is 12.4 Å². The third-order valence-corrected chi connectivity index (χ3v) is 4.40. The standard InChI is InChI=1S/C21H21N7O2.ClH/c1-27-14-17(10-25-27)19-5-6-20(29)28(26-19)13-15-3-2-4-16(9-15)21-23-11-18(12-24-21)30-8-7-22;/h2-6,9-12,14H,7-8,13,22H2,1H3;1H. The number of hydrogen-bond donors (Lipinski definition) is 1. The SMILES string of the molecule is Cl.Cn1cc(-c2ccc(=O)n(Cc3cccc(-c4ncc(OCCN)cn4)c3)n2)cn1. The van der Waals surface area contributed by atoms with Crippen LogP contribution in [-0.2, 0) is 13.6 Å². The summed E-state index contributed by atoms with van der Waals surface area (Å²) in [5, 5.41) is 8.64. The quantitative estimate of drug-likeness (QED) is 0.467. The van der Waals surface area contributed by atoms with E-state index in [2.05, 4.69) is 20.2 Å². The second-order valence-corrected chi connectivity index (χ2v) is 6.70. The molecule has 0 aliphatic heterocycles. The molecule has 0 unspecified atom stereocenters. The number of hydrogen-bond acceptors (Lipinski definition) is 7. The van der Waals surface area contributed by atoms with Crippen LogP contribution in [0, 0.1) is 0 Å². The molecular formula is C21H22ClN7O2. The van der Waals surface area contributed by atoms with Gasteiger partial charge in [0.25, 0.3) is 5.56 Å². The van der Waals surface area contributed by atoms with Crippen LogP contribution in [0.1, 0.15) is 5.56 Å². The van der Waals surface area contributed by atoms with Crippen LogP contribution in [0.25, 0.3) is 22.6 Å². The van der Waals surface area contributed by atoms with Crippen molar-refractivity contribution < 1.29 is 4.74 Å². The fraction of sp³-hybridized carbons (Fsp3) is 0.190. The van der Waals surface area contributed by atoms with E-state index < -0.39 is 0 Å². The van der Waals surface area contributed by atoms with Gasteiger partial charge in [-0.25, -0.2) is 14.6 Å². The Balaban J connectivity index is 0.00000272. The lowest BCUT2D eigenvalue weighted by Gasteiger charge is -2.08. The maximum absolute atomic E-state index is 12.3. The van der Waals surface area contributed by atoms with Crippen LogP contribution in [0.15, 0.2) is 66.0 Å². The van der Waals surface area contributed by atoms with E-state index >= 15 is 0 Å². The summed E-state index contributed by atoms with van der Waals surface area (Å²) >= 11 is 0. The van der Waals surface area contributed by atoms with Crippen molar-refractivity contribution in [1.82, 2.24) is 29.5 Å². The Morgan fingerprint density at radius 3 is 2.58 bits per heavy atom. The van der Waals surface area contributed by atoms with Gasteiger partial charge in [-0.2, -0.15) is 10.2 Å². The topological polar surface area (TPSA) is 114 Å². The zero-order valence-corrected chi connectivity index (χ0v) is 17.7. The zero-order valence-electron chi connectivity index (χ0n) is 16.9. The molecule has 0 saturated heterocycles. The Morgan fingerprint density at radius 1 is 1.06 bits per heavy atom. The van der Waals surface area contributed by atoms with Crippen LogP contribution >= 0.6 is 12.4 Å². The highest BCUT2D eigenvalue weighted by atomic mass is 35.5. The van der Waals surface area contributed by atoms with Crippen LogP contribution in [0.5, 0.6) is 5.75 Å². The lowest BCUT2D eigenvalue weighted by molar-refractivity contribution is 0.325. The summed E-state index contributed by atoms with van der Waals surface area (Å²) in [6.07, 6.45) is 6.81. The molecule has 4 rings (SSSR count). The van der Waals surface area contributed by atoms with Crippen LogP contribution in [0.2, 0.25) is 0 Å². The summed E-state index contributed by atoms with van der Waals surface area (Å²) < 4.78 is 8.54. The number of nitrogens with zero attached hydrogens (tertiary/aromatic N) is 6. The van der Waals surface area contributed by atoms with Gasteiger partial charge in [-0.3, -0.25) is 9.48 Å². The molecule has 0 radical (unpaired) electrons. The summed E-state index contributed by atoms with van der Waals surface area (Å²) in [7, 11) is 1.84. The third kappa shape index (κ3) is 5.33. The van der Waals surface area contributed by atoms with Crippen molar-refractivity contribution in [2.75, 3.05) is 13.2 Å². The van der Waals surface area contributed by atoms with E-state index in [-0.39, 0.29) is 18.0 Å². The summed E-state index contributed by atoms with van der Waals surface area (Å²) in [5.74, 6) is 1.14. The molecular weight excluding hydrogens is 418 g/mol. The van der Waals surface area contributed by atoms with Crippen LogP contribution in [0.4, 0.5) is 0 Å². The molecule has 0 fully saturated rings. The average molecular weight is 440 g/mol. The minimum absolute atomic E-state index is 0. The summed E-state index contributed by atoms with van der Waals surface area (Å²) in [5.41, 5.74) is 8.56. The van der Waals surface area contributed by atoms with Gasteiger partial charge in [0.2, 0.25) is 0 Å². The zero-order chi connectivity index (χ0) is 20.9. The number of halogens is 1. The molecule has 0 aliphatic carbocycles. The molecule has 0 amide bonds. The smallest absolute Gasteiger partial charge is 0.267 e. The van der Waals surface area contributed by atoms with Gasteiger partial charge in [0.1, 0.15) is 6.61 Å². The highest BCUT2D eigenvalue weighted by Gasteiger charge is 2.08. The largest absolute Gasteiger partial charge is 0.489 e. The van der Waals surface area contributed by atoms with Crippen LogP contribution in [0.3, 0.4) is 0 Å². The molecule has 4 aromatic rings. The van der Waals surface area contributed by atoms with Crippen molar-refractivity contribution in [3.8, 4) is 28.4 Å². The first-order valence-electron chi connectivity index (χ1n) is 9.44. The van der Waals surface area contributed by atoms with Crippen molar-refractivity contribution in [1.29, 1.82) is 0 Å². The Kier molecular flexibility index (Phi) is 7.11. The maximum atomic E-state index is 12.3. The molecule has 10 heteroatoms. The van der Waals surface area contributed by atoms with Crippen molar-refractivity contribution in [2.24, 2.45) is 12.8 Å².